The molecule has 0 saturated heterocycles. The van der Waals surface area contributed by atoms with Crippen LogP contribution < -0.4 is 4.90 Å². The summed E-state index contributed by atoms with van der Waals surface area (Å²) in [7, 11) is 2.07. The Morgan fingerprint density at radius 3 is 2.86 bits per heavy atom. The molecule has 0 fully saturated rings. The summed E-state index contributed by atoms with van der Waals surface area (Å²) in [6.07, 6.45) is 4.90. The van der Waals surface area contributed by atoms with Gasteiger partial charge in [-0.15, -0.1) is 0 Å². The lowest BCUT2D eigenvalue weighted by Crippen LogP contribution is -2.31. The highest BCUT2D eigenvalue weighted by Gasteiger charge is 2.21. The molecule has 0 amide bonds. The Morgan fingerprint density at radius 2 is 1.90 bits per heavy atom. The van der Waals surface area contributed by atoms with Crippen molar-refractivity contribution in [3.05, 3.63) is 78.2 Å². The van der Waals surface area contributed by atoms with Gasteiger partial charge in [-0.05, 0) is 59.5 Å². The largest absolute Gasteiger partial charge is 0.423 e. The SMILES string of the molecule is Cn1ccc2cc(-c3ccc4nc(N5CCc6cccnc6C5)oc4c3)ccc21. The lowest BCUT2D eigenvalue weighted by molar-refractivity contribution is 0.551. The maximum Gasteiger partial charge on any atom is 0.298 e. The van der Waals surface area contributed by atoms with Gasteiger partial charge in [-0.2, -0.15) is 4.98 Å². The van der Waals surface area contributed by atoms with Gasteiger partial charge in [0.1, 0.15) is 5.52 Å². The van der Waals surface area contributed by atoms with Gasteiger partial charge < -0.3 is 13.9 Å². The molecule has 5 heteroatoms. The van der Waals surface area contributed by atoms with Crippen molar-refractivity contribution in [3.63, 3.8) is 0 Å². The van der Waals surface area contributed by atoms with Crippen molar-refractivity contribution in [2.24, 2.45) is 7.05 Å². The van der Waals surface area contributed by atoms with Crippen LogP contribution in [-0.4, -0.2) is 21.1 Å². The van der Waals surface area contributed by atoms with E-state index in [0.717, 1.165) is 41.9 Å². The Labute approximate surface area is 168 Å². The van der Waals surface area contributed by atoms with Gasteiger partial charge in [-0.1, -0.05) is 18.2 Å². The Hall–Kier alpha value is -3.60. The molecule has 3 aromatic heterocycles. The fourth-order valence-electron chi connectivity index (χ4n) is 4.21. The molecule has 1 aliphatic rings. The second-order valence-corrected chi connectivity index (χ2v) is 7.66. The topological polar surface area (TPSA) is 47.1 Å². The standard InChI is InChI=1S/C24H20N4O/c1-27-11-8-19-13-17(5-7-22(19)27)18-4-6-20-23(14-18)29-24(26-20)28-12-9-16-3-2-10-25-21(16)15-28/h2-8,10-11,13-14H,9,12,15H2,1H3. The van der Waals surface area contributed by atoms with Crippen LogP contribution in [0, 0.1) is 0 Å². The second-order valence-electron chi connectivity index (χ2n) is 7.66. The molecule has 0 N–H and O–H groups in total. The molecule has 5 aromatic rings. The van der Waals surface area contributed by atoms with Crippen LogP contribution in [0.5, 0.6) is 0 Å². The van der Waals surface area contributed by atoms with Crippen LogP contribution in [-0.2, 0) is 20.0 Å². The van der Waals surface area contributed by atoms with E-state index in [4.69, 9.17) is 9.40 Å². The van der Waals surface area contributed by atoms with Gasteiger partial charge >= 0.3 is 0 Å². The number of benzene rings is 2. The number of hydrogen-bond donors (Lipinski definition) is 0. The smallest absolute Gasteiger partial charge is 0.298 e. The van der Waals surface area contributed by atoms with Crippen molar-refractivity contribution >= 4 is 28.0 Å². The molecule has 29 heavy (non-hydrogen) atoms. The minimum Gasteiger partial charge on any atom is -0.423 e. The summed E-state index contributed by atoms with van der Waals surface area (Å²) < 4.78 is 8.29. The zero-order valence-corrected chi connectivity index (χ0v) is 16.2. The first kappa shape index (κ1) is 16.4. The van der Waals surface area contributed by atoms with E-state index in [1.54, 1.807) is 0 Å². The number of rotatable bonds is 2. The molecule has 0 radical (unpaired) electrons. The molecule has 0 saturated carbocycles. The van der Waals surface area contributed by atoms with Crippen LogP contribution in [0.1, 0.15) is 11.3 Å². The molecule has 6 rings (SSSR count). The van der Waals surface area contributed by atoms with Gasteiger partial charge in [0.25, 0.3) is 6.01 Å². The van der Waals surface area contributed by atoms with E-state index in [-0.39, 0.29) is 0 Å². The summed E-state index contributed by atoms with van der Waals surface area (Å²) in [6.45, 7) is 1.63. The van der Waals surface area contributed by atoms with Crippen LogP contribution >= 0.6 is 0 Å². The molecular formula is C24H20N4O. The van der Waals surface area contributed by atoms with Crippen LogP contribution in [0.2, 0.25) is 0 Å². The van der Waals surface area contributed by atoms with Crippen molar-refractivity contribution < 1.29 is 4.42 Å². The van der Waals surface area contributed by atoms with Crippen LogP contribution in [0.15, 0.2) is 71.4 Å². The molecule has 0 atom stereocenters. The predicted octanol–water partition coefficient (Wildman–Crippen LogP) is 4.94. The van der Waals surface area contributed by atoms with Crippen LogP contribution in [0.4, 0.5) is 6.01 Å². The van der Waals surface area contributed by atoms with Crippen molar-refractivity contribution in [2.45, 2.75) is 13.0 Å². The maximum absolute atomic E-state index is 6.16. The van der Waals surface area contributed by atoms with Crippen molar-refractivity contribution in [1.82, 2.24) is 14.5 Å². The summed E-state index contributed by atoms with van der Waals surface area (Å²) in [5.74, 6) is 0. The molecule has 0 aliphatic carbocycles. The lowest BCUT2D eigenvalue weighted by Gasteiger charge is -2.26. The molecule has 0 unspecified atom stereocenters. The lowest BCUT2D eigenvalue weighted by atomic mass is 10.0. The Balaban J connectivity index is 1.35. The zero-order valence-electron chi connectivity index (χ0n) is 16.2. The van der Waals surface area contributed by atoms with Crippen LogP contribution in [0.25, 0.3) is 33.1 Å². The number of aromatic nitrogens is 3. The van der Waals surface area contributed by atoms with E-state index >= 15 is 0 Å². The van der Waals surface area contributed by atoms with E-state index < -0.39 is 0 Å². The molecule has 0 spiro atoms. The highest BCUT2D eigenvalue weighted by Crippen LogP contribution is 2.31. The number of hydrogen-bond acceptors (Lipinski definition) is 4. The normalized spacial score (nSPS) is 13.9. The monoisotopic (exact) mass is 380 g/mol. The average molecular weight is 380 g/mol. The molecule has 4 heterocycles. The first-order valence-corrected chi connectivity index (χ1v) is 9.88. The number of nitrogens with zero attached hydrogens (tertiary/aromatic N) is 4. The third-order valence-corrected chi connectivity index (χ3v) is 5.84. The summed E-state index contributed by atoms with van der Waals surface area (Å²) in [6, 6.07) is 19.8. The minimum atomic E-state index is 0.673. The number of pyridine rings is 1. The number of aryl methyl sites for hydroxylation is 1. The van der Waals surface area contributed by atoms with Crippen molar-refractivity contribution in [1.29, 1.82) is 0 Å². The zero-order chi connectivity index (χ0) is 19.4. The fourth-order valence-corrected chi connectivity index (χ4v) is 4.21. The van der Waals surface area contributed by atoms with Crippen LogP contribution in [0.3, 0.4) is 0 Å². The first-order valence-electron chi connectivity index (χ1n) is 9.88. The minimum absolute atomic E-state index is 0.673. The van der Waals surface area contributed by atoms with E-state index in [0.29, 0.717) is 6.01 Å². The Bertz CT molecular complexity index is 1360. The Morgan fingerprint density at radius 1 is 1.00 bits per heavy atom. The second kappa shape index (κ2) is 6.21. The van der Waals surface area contributed by atoms with E-state index in [9.17, 15) is 0 Å². The number of anilines is 1. The van der Waals surface area contributed by atoms with Gasteiger partial charge in [0.2, 0.25) is 0 Å². The average Bonchev–Trinajstić information content (AvgIpc) is 3.36. The first-order chi connectivity index (χ1) is 14.2. The highest BCUT2D eigenvalue weighted by molar-refractivity contribution is 5.88. The number of oxazole rings is 1. The molecule has 1 aliphatic heterocycles. The molecular weight excluding hydrogens is 360 g/mol. The van der Waals surface area contributed by atoms with Crippen molar-refractivity contribution in [2.75, 3.05) is 11.4 Å². The summed E-state index contributed by atoms with van der Waals surface area (Å²) in [4.78, 5) is 11.4. The van der Waals surface area contributed by atoms with E-state index in [1.165, 1.54) is 22.0 Å². The predicted molar refractivity (Wildman–Crippen MR) is 115 cm³/mol. The Kier molecular flexibility index (Phi) is 3.50. The molecule has 0 bridgehead atoms. The highest BCUT2D eigenvalue weighted by atomic mass is 16.4. The summed E-state index contributed by atoms with van der Waals surface area (Å²) in [5, 5.41) is 1.24. The van der Waals surface area contributed by atoms with E-state index in [1.807, 2.05) is 18.3 Å². The summed E-state index contributed by atoms with van der Waals surface area (Å²) >= 11 is 0. The summed E-state index contributed by atoms with van der Waals surface area (Å²) in [5.41, 5.74) is 7.68. The fraction of sp³-hybridized carbons (Fsp3) is 0.167. The third kappa shape index (κ3) is 2.70. The molecule has 5 nitrogen and oxygen atoms in total. The van der Waals surface area contributed by atoms with Gasteiger partial charge in [-0.25, -0.2) is 0 Å². The maximum atomic E-state index is 6.16. The number of fused-ring (bicyclic) bond motifs is 3. The van der Waals surface area contributed by atoms with Gasteiger partial charge in [0.15, 0.2) is 5.58 Å². The third-order valence-electron chi connectivity index (χ3n) is 5.84. The van der Waals surface area contributed by atoms with E-state index in [2.05, 4.69) is 70.2 Å². The van der Waals surface area contributed by atoms with Gasteiger partial charge in [0.05, 0.1) is 12.2 Å². The van der Waals surface area contributed by atoms with Gasteiger partial charge in [0, 0.05) is 36.9 Å². The molecule has 2 aromatic carbocycles. The molecule has 142 valence electrons. The van der Waals surface area contributed by atoms with Gasteiger partial charge in [-0.3, -0.25) is 4.98 Å². The van der Waals surface area contributed by atoms with Crippen molar-refractivity contribution in [3.8, 4) is 11.1 Å². The quantitative estimate of drug-likeness (QED) is 0.435.